The van der Waals surface area contributed by atoms with E-state index < -0.39 is 7.82 Å². The van der Waals surface area contributed by atoms with Crippen molar-refractivity contribution in [1.82, 2.24) is 6.15 Å². The van der Waals surface area contributed by atoms with E-state index in [9.17, 15) is 4.57 Å². The normalized spacial score (nSPS) is 13.0. The predicted octanol–water partition coefficient (Wildman–Crippen LogP) is 4.30. The molecule has 0 radical (unpaired) electrons. The Kier molecular flexibility index (Phi) is 21.0. The van der Waals surface area contributed by atoms with Gasteiger partial charge in [0.1, 0.15) is 0 Å². The van der Waals surface area contributed by atoms with E-state index in [1.165, 1.54) is 12.8 Å². The first-order valence-corrected chi connectivity index (χ1v) is 7.56. The molecule has 0 saturated carbocycles. The van der Waals surface area contributed by atoms with Gasteiger partial charge in [0, 0.05) is 7.11 Å². The fraction of sp³-hybridized carbons (Fsp3) is 1.00. The SMILES string of the molecule is CCCC.CCCCCCOP(=O)(O)OC.N. The summed E-state index contributed by atoms with van der Waals surface area (Å²) >= 11 is 0. The second-order valence-corrected chi connectivity index (χ2v) is 5.11. The summed E-state index contributed by atoms with van der Waals surface area (Å²) in [6.45, 7) is 6.76. The Hall–Kier alpha value is 0.0700. The van der Waals surface area contributed by atoms with E-state index in [2.05, 4.69) is 29.8 Å². The molecule has 6 heteroatoms. The highest BCUT2D eigenvalue weighted by Gasteiger charge is 2.16. The van der Waals surface area contributed by atoms with E-state index in [0.717, 1.165) is 32.8 Å². The molecule has 0 aliphatic heterocycles. The van der Waals surface area contributed by atoms with Crippen LogP contribution in [0.1, 0.15) is 59.3 Å². The lowest BCUT2D eigenvalue weighted by Gasteiger charge is -2.08. The minimum Gasteiger partial charge on any atom is -0.344 e. The zero-order valence-corrected chi connectivity index (χ0v) is 12.7. The van der Waals surface area contributed by atoms with Crippen molar-refractivity contribution in [2.75, 3.05) is 13.7 Å². The molecular weight excluding hydrogens is 241 g/mol. The van der Waals surface area contributed by atoms with E-state index in [0.29, 0.717) is 6.61 Å². The molecule has 0 aromatic heterocycles. The maximum atomic E-state index is 10.7. The molecule has 5 nitrogen and oxygen atoms in total. The van der Waals surface area contributed by atoms with Gasteiger partial charge in [0.15, 0.2) is 0 Å². The molecule has 0 rings (SSSR count). The molecule has 1 atom stereocenters. The van der Waals surface area contributed by atoms with Gasteiger partial charge in [-0.1, -0.05) is 52.9 Å². The topological polar surface area (TPSA) is 90.8 Å². The Morgan fingerprint density at radius 3 is 1.88 bits per heavy atom. The summed E-state index contributed by atoms with van der Waals surface area (Å²) in [5.74, 6) is 0. The minimum absolute atomic E-state index is 0. The number of rotatable bonds is 8. The maximum Gasteiger partial charge on any atom is 0.471 e. The maximum absolute atomic E-state index is 10.7. The molecule has 0 fully saturated rings. The highest BCUT2D eigenvalue weighted by atomic mass is 31.2. The van der Waals surface area contributed by atoms with Crippen LogP contribution in [0.2, 0.25) is 0 Å². The zero-order chi connectivity index (χ0) is 12.9. The second-order valence-electron chi connectivity index (χ2n) is 3.55. The van der Waals surface area contributed by atoms with E-state index >= 15 is 0 Å². The molecule has 0 aromatic carbocycles. The third-order valence-corrected chi connectivity index (χ3v) is 2.95. The molecule has 4 N–H and O–H groups in total. The van der Waals surface area contributed by atoms with Crippen molar-refractivity contribution in [3.05, 3.63) is 0 Å². The first kappa shape index (κ1) is 22.3. The largest absolute Gasteiger partial charge is 0.471 e. The fourth-order valence-electron chi connectivity index (χ4n) is 0.761. The van der Waals surface area contributed by atoms with Crippen molar-refractivity contribution in [2.24, 2.45) is 0 Å². The van der Waals surface area contributed by atoms with E-state index in [-0.39, 0.29) is 6.15 Å². The summed E-state index contributed by atoms with van der Waals surface area (Å²) in [5.41, 5.74) is 0. The molecule has 0 aliphatic carbocycles. The summed E-state index contributed by atoms with van der Waals surface area (Å²) < 4.78 is 19.6. The molecule has 0 bridgehead atoms. The molecular formula is C11H30NO4P. The highest BCUT2D eigenvalue weighted by Crippen LogP contribution is 2.41. The predicted molar refractivity (Wildman–Crippen MR) is 72.5 cm³/mol. The molecule has 0 amide bonds. The fourth-order valence-corrected chi connectivity index (χ4v) is 1.23. The number of phosphoric acid groups is 1. The van der Waals surface area contributed by atoms with Gasteiger partial charge in [0.05, 0.1) is 6.61 Å². The van der Waals surface area contributed by atoms with Crippen LogP contribution in [0.3, 0.4) is 0 Å². The van der Waals surface area contributed by atoms with Crippen LogP contribution in [0.15, 0.2) is 0 Å². The van der Waals surface area contributed by atoms with Crippen LogP contribution in [0, 0.1) is 0 Å². The van der Waals surface area contributed by atoms with Gasteiger partial charge in [-0.2, -0.15) is 0 Å². The van der Waals surface area contributed by atoms with Crippen molar-refractivity contribution >= 4 is 7.82 Å². The lowest BCUT2D eigenvalue weighted by atomic mass is 10.2. The highest BCUT2D eigenvalue weighted by molar-refractivity contribution is 7.47. The lowest BCUT2D eigenvalue weighted by Crippen LogP contribution is -1.94. The van der Waals surface area contributed by atoms with Crippen LogP contribution < -0.4 is 6.15 Å². The summed E-state index contributed by atoms with van der Waals surface area (Å²) in [7, 11) is -2.56. The molecule has 108 valence electrons. The summed E-state index contributed by atoms with van der Waals surface area (Å²) in [5, 5.41) is 0. The lowest BCUT2D eigenvalue weighted by molar-refractivity contribution is 0.170. The van der Waals surface area contributed by atoms with Gasteiger partial charge in [0.25, 0.3) is 0 Å². The van der Waals surface area contributed by atoms with Crippen LogP contribution in [0.25, 0.3) is 0 Å². The van der Waals surface area contributed by atoms with Crippen molar-refractivity contribution in [3.8, 4) is 0 Å². The van der Waals surface area contributed by atoms with Crippen molar-refractivity contribution < 1.29 is 18.5 Å². The van der Waals surface area contributed by atoms with Crippen LogP contribution in [0.5, 0.6) is 0 Å². The van der Waals surface area contributed by atoms with Crippen LogP contribution in [-0.2, 0) is 13.6 Å². The average Bonchev–Trinajstić information content (AvgIpc) is 2.29. The Morgan fingerprint density at radius 1 is 1.00 bits per heavy atom. The number of hydrogen-bond donors (Lipinski definition) is 2. The van der Waals surface area contributed by atoms with Gasteiger partial charge >= 0.3 is 7.82 Å². The smallest absolute Gasteiger partial charge is 0.344 e. The first-order valence-electron chi connectivity index (χ1n) is 6.07. The van der Waals surface area contributed by atoms with Crippen molar-refractivity contribution in [3.63, 3.8) is 0 Å². The van der Waals surface area contributed by atoms with Gasteiger partial charge in [-0.15, -0.1) is 0 Å². The quantitative estimate of drug-likeness (QED) is 0.507. The minimum atomic E-state index is -3.72. The summed E-state index contributed by atoms with van der Waals surface area (Å²) in [6, 6.07) is 0. The zero-order valence-electron chi connectivity index (χ0n) is 11.8. The molecule has 1 unspecified atom stereocenters. The molecule has 0 spiro atoms. The molecule has 0 aromatic rings. The van der Waals surface area contributed by atoms with Gasteiger partial charge in [-0.05, 0) is 6.42 Å². The molecule has 0 aliphatic rings. The Balaban J connectivity index is -0.000000340. The molecule has 17 heavy (non-hydrogen) atoms. The van der Waals surface area contributed by atoms with Gasteiger partial charge < -0.3 is 11.0 Å². The van der Waals surface area contributed by atoms with Crippen LogP contribution in [0.4, 0.5) is 0 Å². The van der Waals surface area contributed by atoms with Crippen molar-refractivity contribution in [1.29, 1.82) is 0 Å². The summed E-state index contributed by atoms with van der Waals surface area (Å²) in [6.07, 6.45) is 6.75. The Bertz CT molecular complexity index is 177. The molecule has 0 heterocycles. The number of hydrogen-bond acceptors (Lipinski definition) is 4. The van der Waals surface area contributed by atoms with E-state index in [1.807, 2.05) is 0 Å². The second kappa shape index (κ2) is 16.1. The van der Waals surface area contributed by atoms with Gasteiger partial charge in [-0.25, -0.2) is 4.57 Å². The van der Waals surface area contributed by atoms with Gasteiger partial charge in [0.2, 0.25) is 0 Å². The van der Waals surface area contributed by atoms with Gasteiger partial charge in [-0.3, -0.25) is 9.05 Å². The number of phosphoric ester groups is 1. The Labute approximate surface area is 106 Å². The average molecular weight is 271 g/mol. The Morgan fingerprint density at radius 2 is 1.53 bits per heavy atom. The third kappa shape index (κ3) is 21.8. The molecule has 0 saturated heterocycles. The monoisotopic (exact) mass is 271 g/mol. The van der Waals surface area contributed by atoms with E-state index in [4.69, 9.17) is 4.89 Å². The number of unbranched alkanes of at least 4 members (excludes halogenated alkanes) is 4. The third-order valence-electron chi connectivity index (χ3n) is 1.98. The van der Waals surface area contributed by atoms with Crippen LogP contribution >= 0.6 is 7.82 Å². The van der Waals surface area contributed by atoms with Crippen LogP contribution in [-0.4, -0.2) is 18.6 Å². The standard InChI is InChI=1S/C7H17O4P.C4H10.H3N/c1-3-4-5-6-7-11-12(8,9)10-2;1-3-4-2;/h3-7H2,1-2H3,(H,8,9);3-4H2,1-2H3;1H3. The van der Waals surface area contributed by atoms with E-state index in [1.54, 1.807) is 0 Å². The van der Waals surface area contributed by atoms with Crippen molar-refractivity contribution in [2.45, 2.75) is 59.3 Å². The first-order chi connectivity index (χ1) is 7.54. The summed E-state index contributed by atoms with van der Waals surface area (Å²) in [4.78, 5) is 8.79.